The number of hydrogen-bond acceptors (Lipinski definition) is 6. The Morgan fingerprint density at radius 1 is 0.972 bits per heavy atom. The maximum Gasteiger partial charge on any atom is 0.330 e. The van der Waals surface area contributed by atoms with E-state index in [0.29, 0.717) is 12.4 Å². The molecule has 0 atom stereocenters. The number of nitrogens with one attached hydrogen (secondary N) is 4. The van der Waals surface area contributed by atoms with Crippen LogP contribution >= 0.6 is 0 Å². The number of carbonyl (C=O) groups is 2. The van der Waals surface area contributed by atoms with Crippen LogP contribution in [0.2, 0.25) is 0 Å². The fourth-order valence-corrected chi connectivity index (χ4v) is 4.67. The van der Waals surface area contributed by atoms with E-state index in [4.69, 9.17) is 5.41 Å². The van der Waals surface area contributed by atoms with Crippen LogP contribution < -0.4 is 16.0 Å². The largest absolute Gasteiger partial charge is 0.367 e. The molecule has 8 heteroatoms. The summed E-state index contributed by atoms with van der Waals surface area (Å²) < 4.78 is 0. The molecule has 2 aromatic carbocycles. The molecule has 0 bridgehead atoms. The first-order valence-corrected chi connectivity index (χ1v) is 12.1. The van der Waals surface area contributed by atoms with Gasteiger partial charge in [-0.05, 0) is 42.7 Å². The van der Waals surface area contributed by atoms with Crippen molar-refractivity contribution < 1.29 is 9.59 Å². The van der Waals surface area contributed by atoms with Gasteiger partial charge in [0.25, 0.3) is 5.91 Å². The quantitative estimate of drug-likeness (QED) is 0.369. The van der Waals surface area contributed by atoms with E-state index in [1.54, 1.807) is 6.20 Å². The van der Waals surface area contributed by atoms with Crippen molar-refractivity contribution in [3.8, 4) is 11.3 Å². The smallest absolute Gasteiger partial charge is 0.330 e. The fourth-order valence-electron chi connectivity index (χ4n) is 4.67. The number of imide groups is 1. The molecule has 2 heterocycles. The van der Waals surface area contributed by atoms with E-state index in [-0.39, 0.29) is 17.5 Å². The van der Waals surface area contributed by atoms with Crippen molar-refractivity contribution in [1.82, 2.24) is 20.5 Å². The number of amides is 3. The summed E-state index contributed by atoms with van der Waals surface area (Å²) in [6.07, 6.45) is 5.44. The summed E-state index contributed by atoms with van der Waals surface area (Å²) in [5, 5.41) is 17.8. The van der Waals surface area contributed by atoms with Gasteiger partial charge in [0, 0.05) is 30.0 Å². The molecule has 36 heavy (non-hydrogen) atoms. The molecule has 0 radical (unpaired) electrons. The van der Waals surface area contributed by atoms with E-state index in [9.17, 15) is 9.59 Å². The standard InChI is InChI=1S/C28H28N6O2/c29-25-24(27(35)33-28(36)34(25)22-10-4-5-11-22)26(32-21-8-2-1-3-9-21)31-18-19-13-15-20(16-14-19)23-12-6-7-17-30-23/h1-3,6-9,12-17,22,29,31-32H,4-5,10-11,18H2,(H,33,35,36)/b26-24-,29-25?. The minimum atomic E-state index is -0.587. The molecule has 2 aliphatic rings. The van der Waals surface area contributed by atoms with Crippen LogP contribution in [0.15, 0.2) is 90.4 Å². The van der Waals surface area contributed by atoms with E-state index in [2.05, 4.69) is 20.9 Å². The van der Waals surface area contributed by atoms with Crippen LogP contribution in [-0.4, -0.2) is 33.7 Å². The molecular weight excluding hydrogens is 452 g/mol. The number of benzene rings is 2. The van der Waals surface area contributed by atoms with Crippen LogP contribution in [0.5, 0.6) is 0 Å². The van der Waals surface area contributed by atoms with Crippen molar-refractivity contribution in [3.63, 3.8) is 0 Å². The third-order valence-electron chi connectivity index (χ3n) is 6.51. The van der Waals surface area contributed by atoms with Gasteiger partial charge in [-0.1, -0.05) is 61.4 Å². The summed E-state index contributed by atoms with van der Waals surface area (Å²) in [5.41, 5.74) is 3.79. The Bertz CT molecular complexity index is 1280. The lowest BCUT2D eigenvalue weighted by atomic mass is 10.1. The molecule has 1 aliphatic carbocycles. The van der Waals surface area contributed by atoms with Gasteiger partial charge in [0.2, 0.25) is 0 Å². The first-order valence-electron chi connectivity index (χ1n) is 12.1. The van der Waals surface area contributed by atoms with Crippen molar-refractivity contribution >= 4 is 23.5 Å². The molecular formula is C28H28N6O2. The average Bonchev–Trinajstić information content (AvgIpc) is 3.43. The van der Waals surface area contributed by atoms with Gasteiger partial charge in [-0.2, -0.15) is 0 Å². The molecule has 3 amide bonds. The second-order valence-corrected chi connectivity index (χ2v) is 8.92. The zero-order valence-electron chi connectivity index (χ0n) is 19.8. The Morgan fingerprint density at radius 2 is 1.69 bits per heavy atom. The maximum absolute atomic E-state index is 13.0. The topological polar surface area (TPSA) is 110 Å². The summed E-state index contributed by atoms with van der Waals surface area (Å²) >= 11 is 0. The molecule has 1 saturated heterocycles. The molecule has 1 saturated carbocycles. The summed E-state index contributed by atoms with van der Waals surface area (Å²) in [5.74, 6) is -0.282. The van der Waals surface area contributed by atoms with Crippen molar-refractivity contribution in [2.45, 2.75) is 38.3 Å². The summed E-state index contributed by atoms with van der Waals surface area (Å²) in [6, 6.07) is 22.7. The number of rotatable bonds is 7. The zero-order valence-corrected chi connectivity index (χ0v) is 19.8. The van der Waals surface area contributed by atoms with Gasteiger partial charge in [0.15, 0.2) is 0 Å². The van der Waals surface area contributed by atoms with Crippen molar-refractivity contribution in [2.24, 2.45) is 0 Å². The molecule has 2 fully saturated rings. The third-order valence-corrected chi connectivity index (χ3v) is 6.51. The number of hydrogen-bond donors (Lipinski definition) is 4. The molecule has 1 aliphatic heterocycles. The van der Waals surface area contributed by atoms with Crippen LogP contribution in [-0.2, 0) is 11.3 Å². The third kappa shape index (κ3) is 4.98. The van der Waals surface area contributed by atoms with Gasteiger partial charge in [0.05, 0.1) is 5.69 Å². The Balaban J connectivity index is 1.42. The molecule has 3 aromatic rings. The highest BCUT2D eigenvalue weighted by Gasteiger charge is 2.40. The normalized spacial score (nSPS) is 17.7. The number of urea groups is 1. The summed E-state index contributed by atoms with van der Waals surface area (Å²) in [6.45, 7) is 0.416. The van der Waals surface area contributed by atoms with Crippen LogP contribution in [0.25, 0.3) is 11.3 Å². The molecule has 1 aromatic heterocycles. The molecule has 0 unspecified atom stereocenters. The van der Waals surface area contributed by atoms with Crippen molar-refractivity contribution in [3.05, 3.63) is 96.0 Å². The van der Waals surface area contributed by atoms with Crippen molar-refractivity contribution in [2.75, 3.05) is 5.32 Å². The average molecular weight is 481 g/mol. The van der Waals surface area contributed by atoms with Gasteiger partial charge >= 0.3 is 6.03 Å². The lowest BCUT2D eigenvalue weighted by molar-refractivity contribution is -0.116. The zero-order chi connectivity index (χ0) is 24.9. The van der Waals surface area contributed by atoms with E-state index in [0.717, 1.165) is 48.2 Å². The number of para-hydroxylation sites is 1. The lowest BCUT2D eigenvalue weighted by Crippen LogP contribution is -2.58. The second kappa shape index (κ2) is 10.4. The van der Waals surface area contributed by atoms with E-state index in [1.807, 2.05) is 72.8 Å². The number of amidine groups is 1. The molecule has 0 spiro atoms. The first kappa shape index (κ1) is 23.3. The van der Waals surface area contributed by atoms with Crippen molar-refractivity contribution in [1.29, 1.82) is 5.41 Å². The Hall–Kier alpha value is -4.46. The number of pyridine rings is 1. The number of aromatic nitrogens is 1. The van der Waals surface area contributed by atoms with Gasteiger partial charge in [0.1, 0.15) is 17.2 Å². The Labute approximate surface area is 209 Å². The molecule has 4 N–H and O–H groups in total. The SMILES string of the molecule is N=C1/C(=C(\NCc2ccc(-c3ccccn3)cc2)Nc2ccccc2)C(=O)NC(=O)N1C1CCCC1. The van der Waals surface area contributed by atoms with E-state index < -0.39 is 11.9 Å². The lowest BCUT2D eigenvalue weighted by Gasteiger charge is -2.34. The van der Waals surface area contributed by atoms with Crippen LogP contribution in [0, 0.1) is 5.41 Å². The van der Waals surface area contributed by atoms with Crippen LogP contribution in [0.1, 0.15) is 31.2 Å². The van der Waals surface area contributed by atoms with Gasteiger partial charge in [-0.3, -0.25) is 25.4 Å². The molecule has 8 nitrogen and oxygen atoms in total. The molecule has 182 valence electrons. The fraction of sp³-hybridized carbons (Fsp3) is 0.214. The monoisotopic (exact) mass is 480 g/mol. The number of nitrogens with zero attached hydrogens (tertiary/aromatic N) is 2. The highest BCUT2D eigenvalue weighted by molar-refractivity contribution is 6.30. The summed E-state index contributed by atoms with van der Waals surface area (Å²) in [7, 11) is 0. The van der Waals surface area contributed by atoms with Gasteiger partial charge in [-0.25, -0.2) is 4.79 Å². The predicted octanol–water partition coefficient (Wildman–Crippen LogP) is 4.63. The van der Waals surface area contributed by atoms with Gasteiger partial charge in [-0.15, -0.1) is 0 Å². The number of anilines is 1. The highest BCUT2D eigenvalue weighted by Crippen LogP contribution is 2.27. The summed E-state index contributed by atoms with van der Waals surface area (Å²) in [4.78, 5) is 31.4. The molecule has 5 rings (SSSR count). The number of carbonyl (C=O) groups excluding carboxylic acids is 2. The van der Waals surface area contributed by atoms with Gasteiger partial charge < -0.3 is 10.6 Å². The minimum Gasteiger partial charge on any atom is -0.367 e. The van der Waals surface area contributed by atoms with E-state index in [1.165, 1.54) is 4.90 Å². The highest BCUT2D eigenvalue weighted by atomic mass is 16.2. The second-order valence-electron chi connectivity index (χ2n) is 8.92. The minimum absolute atomic E-state index is 0.0716. The Morgan fingerprint density at radius 3 is 2.39 bits per heavy atom. The Kier molecular flexibility index (Phi) is 6.75. The maximum atomic E-state index is 13.0. The first-order chi connectivity index (χ1) is 17.6. The predicted molar refractivity (Wildman–Crippen MR) is 139 cm³/mol. The van der Waals surface area contributed by atoms with E-state index >= 15 is 0 Å². The van der Waals surface area contributed by atoms with Crippen LogP contribution in [0.4, 0.5) is 10.5 Å². The van der Waals surface area contributed by atoms with Crippen LogP contribution in [0.3, 0.4) is 0 Å².